The zero-order valence-electron chi connectivity index (χ0n) is 14.3. The Bertz CT molecular complexity index is 771. The minimum absolute atomic E-state index is 0.192. The summed E-state index contributed by atoms with van der Waals surface area (Å²) in [7, 11) is 0. The molecule has 0 saturated heterocycles. The van der Waals surface area contributed by atoms with Crippen LogP contribution in [0.1, 0.15) is 39.3 Å². The second-order valence-electron chi connectivity index (χ2n) is 7.00. The summed E-state index contributed by atoms with van der Waals surface area (Å²) in [6.45, 7) is 2.61. The van der Waals surface area contributed by atoms with Gasteiger partial charge in [-0.1, -0.05) is 24.3 Å². The van der Waals surface area contributed by atoms with Crippen molar-refractivity contribution < 1.29 is 9.90 Å². The molecule has 1 amide bonds. The van der Waals surface area contributed by atoms with Gasteiger partial charge in [-0.3, -0.25) is 14.8 Å². The number of nitrogens with zero attached hydrogens (tertiary/aromatic N) is 2. The molecular formula is C19H24N4O2. The van der Waals surface area contributed by atoms with Crippen LogP contribution in [-0.2, 0) is 25.8 Å². The quantitative estimate of drug-likeness (QED) is 0.760. The van der Waals surface area contributed by atoms with E-state index in [1.54, 1.807) is 0 Å². The molecule has 1 aromatic heterocycles. The zero-order chi connectivity index (χ0) is 17.2. The average Bonchev–Trinajstić information content (AvgIpc) is 3.23. The van der Waals surface area contributed by atoms with Crippen molar-refractivity contribution >= 4 is 5.91 Å². The number of aromatic amines is 1. The molecule has 0 saturated carbocycles. The van der Waals surface area contributed by atoms with E-state index in [4.69, 9.17) is 0 Å². The first kappa shape index (κ1) is 16.3. The Labute approximate surface area is 147 Å². The number of nitrogens with one attached hydrogen (secondary N) is 2. The lowest BCUT2D eigenvalue weighted by Gasteiger charge is -2.30. The summed E-state index contributed by atoms with van der Waals surface area (Å²) in [5.74, 6) is -0.192. The van der Waals surface area contributed by atoms with Crippen LogP contribution in [0.2, 0.25) is 0 Å². The summed E-state index contributed by atoms with van der Waals surface area (Å²) in [6.07, 6.45) is 3.37. The van der Waals surface area contributed by atoms with Crippen LogP contribution >= 0.6 is 0 Å². The lowest BCUT2D eigenvalue weighted by atomic mass is 10.00. The second-order valence-corrected chi connectivity index (χ2v) is 7.00. The SMILES string of the molecule is O=C(NCC(O)CN1CCc2ccccc2C1)c1n[nH]c2c1CCC2. The second kappa shape index (κ2) is 6.98. The summed E-state index contributed by atoms with van der Waals surface area (Å²) in [4.78, 5) is 14.5. The number of hydrogen-bond donors (Lipinski definition) is 3. The van der Waals surface area contributed by atoms with Crippen molar-refractivity contribution in [3.8, 4) is 0 Å². The third-order valence-corrected chi connectivity index (χ3v) is 5.20. The van der Waals surface area contributed by atoms with Crippen molar-refractivity contribution in [2.45, 2.75) is 38.3 Å². The van der Waals surface area contributed by atoms with Crippen molar-refractivity contribution in [1.29, 1.82) is 0 Å². The molecule has 2 aromatic rings. The molecule has 0 spiro atoms. The number of carbonyl (C=O) groups excluding carboxylic acids is 1. The molecular weight excluding hydrogens is 316 g/mol. The van der Waals surface area contributed by atoms with E-state index < -0.39 is 6.10 Å². The molecule has 3 N–H and O–H groups in total. The van der Waals surface area contributed by atoms with Gasteiger partial charge in [0.15, 0.2) is 5.69 Å². The molecule has 6 heteroatoms. The Hall–Kier alpha value is -2.18. The van der Waals surface area contributed by atoms with E-state index in [-0.39, 0.29) is 12.5 Å². The van der Waals surface area contributed by atoms with Crippen molar-refractivity contribution in [3.05, 3.63) is 52.3 Å². The van der Waals surface area contributed by atoms with Crippen LogP contribution in [-0.4, -0.2) is 51.8 Å². The minimum atomic E-state index is -0.582. The highest BCUT2D eigenvalue weighted by Gasteiger charge is 2.24. The zero-order valence-corrected chi connectivity index (χ0v) is 14.3. The van der Waals surface area contributed by atoms with E-state index in [2.05, 4.69) is 44.7 Å². The van der Waals surface area contributed by atoms with E-state index in [1.165, 1.54) is 11.1 Å². The van der Waals surface area contributed by atoms with Crippen molar-refractivity contribution in [2.24, 2.45) is 0 Å². The molecule has 25 heavy (non-hydrogen) atoms. The smallest absolute Gasteiger partial charge is 0.272 e. The molecule has 1 aliphatic carbocycles. The monoisotopic (exact) mass is 340 g/mol. The Morgan fingerprint density at radius 1 is 1.28 bits per heavy atom. The number of H-pyrrole nitrogens is 1. The molecule has 1 unspecified atom stereocenters. The van der Waals surface area contributed by atoms with Crippen LogP contribution in [0.25, 0.3) is 0 Å². The molecule has 2 aliphatic rings. The van der Waals surface area contributed by atoms with Crippen LogP contribution in [0.5, 0.6) is 0 Å². The third kappa shape index (κ3) is 3.45. The first-order valence-corrected chi connectivity index (χ1v) is 9.02. The predicted octanol–water partition coefficient (Wildman–Crippen LogP) is 1.05. The maximum atomic E-state index is 12.3. The summed E-state index contributed by atoms with van der Waals surface area (Å²) in [6, 6.07) is 8.45. The molecule has 6 nitrogen and oxygen atoms in total. The van der Waals surface area contributed by atoms with Crippen LogP contribution in [0.3, 0.4) is 0 Å². The highest BCUT2D eigenvalue weighted by Crippen LogP contribution is 2.22. The molecule has 2 heterocycles. The first-order valence-electron chi connectivity index (χ1n) is 9.02. The summed E-state index contributed by atoms with van der Waals surface area (Å²) < 4.78 is 0. The molecule has 1 aromatic carbocycles. The average molecular weight is 340 g/mol. The van der Waals surface area contributed by atoms with Crippen LogP contribution in [0.4, 0.5) is 0 Å². The number of rotatable bonds is 5. The molecule has 4 rings (SSSR count). The number of aliphatic hydroxyl groups is 1. The van der Waals surface area contributed by atoms with Gasteiger partial charge in [-0.25, -0.2) is 0 Å². The van der Waals surface area contributed by atoms with Crippen LogP contribution < -0.4 is 5.32 Å². The number of amides is 1. The number of carbonyl (C=O) groups is 1. The number of aromatic nitrogens is 2. The summed E-state index contributed by atoms with van der Waals surface area (Å²) in [5, 5.41) is 20.2. The molecule has 1 aliphatic heterocycles. The fourth-order valence-electron chi connectivity index (χ4n) is 3.87. The van der Waals surface area contributed by atoms with E-state index >= 15 is 0 Å². The van der Waals surface area contributed by atoms with Gasteiger partial charge in [0.05, 0.1) is 6.10 Å². The van der Waals surface area contributed by atoms with Gasteiger partial charge in [0.25, 0.3) is 5.91 Å². The lowest BCUT2D eigenvalue weighted by Crippen LogP contribution is -2.42. The number of aryl methyl sites for hydroxylation is 1. The van der Waals surface area contributed by atoms with E-state index in [0.29, 0.717) is 12.2 Å². The van der Waals surface area contributed by atoms with Gasteiger partial charge in [0.1, 0.15) is 0 Å². The fraction of sp³-hybridized carbons (Fsp3) is 0.474. The number of β-amino-alcohol motifs (C(OH)–C–C–N with tert-alkyl or cyclic N) is 1. The molecule has 132 valence electrons. The molecule has 0 fully saturated rings. The lowest BCUT2D eigenvalue weighted by molar-refractivity contribution is 0.0837. The van der Waals surface area contributed by atoms with E-state index in [9.17, 15) is 9.90 Å². The van der Waals surface area contributed by atoms with Crippen molar-refractivity contribution in [1.82, 2.24) is 20.4 Å². The number of benzene rings is 1. The standard InChI is InChI=1S/C19H24N4O2/c24-15(12-23-9-8-13-4-1-2-5-14(13)11-23)10-20-19(25)18-16-6-3-7-17(16)21-22-18/h1-2,4-5,15,24H,3,6-12H2,(H,20,25)(H,21,22). The van der Waals surface area contributed by atoms with E-state index in [1.807, 2.05) is 0 Å². The normalized spacial score (nSPS) is 17.8. The molecule has 0 radical (unpaired) electrons. The fourth-order valence-corrected chi connectivity index (χ4v) is 3.87. The topological polar surface area (TPSA) is 81.2 Å². The van der Waals surface area contributed by atoms with Gasteiger partial charge in [0, 0.05) is 37.4 Å². The number of hydrogen-bond acceptors (Lipinski definition) is 4. The van der Waals surface area contributed by atoms with E-state index in [0.717, 1.165) is 50.0 Å². The summed E-state index contributed by atoms with van der Waals surface area (Å²) >= 11 is 0. The number of aliphatic hydroxyl groups excluding tert-OH is 1. The molecule has 1 atom stereocenters. The van der Waals surface area contributed by atoms with Crippen molar-refractivity contribution in [3.63, 3.8) is 0 Å². The Kier molecular flexibility index (Phi) is 4.55. The van der Waals surface area contributed by atoms with Gasteiger partial charge in [-0.15, -0.1) is 0 Å². The number of fused-ring (bicyclic) bond motifs is 2. The highest BCUT2D eigenvalue weighted by molar-refractivity contribution is 5.94. The Balaban J connectivity index is 1.28. The predicted molar refractivity (Wildman–Crippen MR) is 94.4 cm³/mol. The van der Waals surface area contributed by atoms with Crippen LogP contribution in [0.15, 0.2) is 24.3 Å². The van der Waals surface area contributed by atoms with Gasteiger partial charge in [-0.05, 0) is 36.8 Å². The highest BCUT2D eigenvalue weighted by atomic mass is 16.3. The summed E-state index contributed by atoms with van der Waals surface area (Å²) in [5.41, 5.74) is 5.34. The maximum absolute atomic E-state index is 12.3. The van der Waals surface area contributed by atoms with Gasteiger partial charge >= 0.3 is 0 Å². The van der Waals surface area contributed by atoms with Gasteiger partial charge < -0.3 is 10.4 Å². The Morgan fingerprint density at radius 2 is 2.12 bits per heavy atom. The third-order valence-electron chi connectivity index (χ3n) is 5.20. The maximum Gasteiger partial charge on any atom is 0.272 e. The minimum Gasteiger partial charge on any atom is -0.390 e. The Morgan fingerprint density at radius 3 is 3.00 bits per heavy atom. The van der Waals surface area contributed by atoms with Crippen LogP contribution in [0, 0.1) is 0 Å². The van der Waals surface area contributed by atoms with Crippen molar-refractivity contribution in [2.75, 3.05) is 19.6 Å². The molecule has 0 bridgehead atoms. The first-order chi connectivity index (χ1) is 12.2. The van der Waals surface area contributed by atoms with Gasteiger partial charge in [0.2, 0.25) is 0 Å². The largest absolute Gasteiger partial charge is 0.390 e. The van der Waals surface area contributed by atoms with Gasteiger partial charge in [-0.2, -0.15) is 5.10 Å².